The standard InChI is InChI=1S/C19H29N3O3S/c1-3-4-5-6-8-17(23)22-19(26)21-16-11-9-15(10-12-16)18(24)20-13-7-14-25-2/h9-12H,3-8,13-14H2,1-2H3,(H,20,24)(H2,21,22,23,26). The molecule has 0 atom stereocenters. The normalized spacial score (nSPS) is 10.2. The van der Waals surface area contributed by atoms with E-state index in [1.165, 1.54) is 0 Å². The fourth-order valence-electron chi connectivity index (χ4n) is 2.29. The number of methoxy groups -OCH3 is 1. The first-order chi connectivity index (χ1) is 12.6. The molecular formula is C19H29N3O3S. The van der Waals surface area contributed by atoms with Crippen molar-refractivity contribution in [1.82, 2.24) is 10.6 Å². The highest BCUT2D eigenvalue weighted by Crippen LogP contribution is 2.10. The molecule has 6 nitrogen and oxygen atoms in total. The Morgan fingerprint density at radius 1 is 1.08 bits per heavy atom. The van der Waals surface area contributed by atoms with E-state index in [2.05, 4.69) is 22.9 Å². The highest BCUT2D eigenvalue weighted by atomic mass is 32.1. The molecule has 0 bridgehead atoms. The van der Waals surface area contributed by atoms with Gasteiger partial charge in [-0.15, -0.1) is 0 Å². The van der Waals surface area contributed by atoms with E-state index in [9.17, 15) is 9.59 Å². The molecular weight excluding hydrogens is 350 g/mol. The van der Waals surface area contributed by atoms with Gasteiger partial charge in [0.05, 0.1) is 0 Å². The SMILES string of the molecule is CCCCCCC(=O)NC(=S)Nc1ccc(C(=O)NCCCOC)cc1. The van der Waals surface area contributed by atoms with Gasteiger partial charge in [0.2, 0.25) is 5.91 Å². The molecule has 0 saturated carbocycles. The smallest absolute Gasteiger partial charge is 0.251 e. The third kappa shape index (κ3) is 9.48. The Kier molecular flexibility index (Phi) is 11.2. The van der Waals surface area contributed by atoms with Gasteiger partial charge in [0, 0.05) is 37.9 Å². The third-order valence-electron chi connectivity index (χ3n) is 3.73. The maximum atomic E-state index is 12.0. The Morgan fingerprint density at radius 2 is 1.81 bits per heavy atom. The third-order valence-corrected chi connectivity index (χ3v) is 3.93. The topological polar surface area (TPSA) is 79.5 Å². The molecule has 26 heavy (non-hydrogen) atoms. The summed E-state index contributed by atoms with van der Waals surface area (Å²) < 4.78 is 4.94. The number of carbonyl (C=O) groups excluding carboxylic acids is 2. The Morgan fingerprint density at radius 3 is 2.46 bits per heavy atom. The lowest BCUT2D eigenvalue weighted by Crippen LogP contribution is -2.33. The zero-order valence-electron chi connectivity index (χ0n) is 15.6. The summed E-state index contributed by atoms with van der Waals surface area (Å²) >= 11 is 5.15. The first-order valence-electron chi connectivity index (χ1n) is 9.04. The number of hydrogen-bond donors (Lipinski definition) is 3. The van der Waals surface area contributed by atoms with Gasteiger partial charge < -0.3 is 20.7 Å². The minimum absolute atomic E-state index is 0.0781. The van der Waals surface area contributed by atoms with E-state index >= 15 is 0 Å². The fraction of sp³-hybridized carbons (Fsp3) is 0.526. The minimum Gasteiger partial charge on any atom is -0.385 e. The highest BCUT2D eigenvalue weighted by molar-refractivity contribution is 7.80. The van der Waals surface area contributed by atoms with Crippen LogP contribution < -0.4 is 16.0 Å². The predicted octanol–water partition coefficient (Wildman–Crippen LogP) is 3.24. The van der Waals surface area contributed by atoms with Crippen LogP contribution in [0.3, 0.4) is 0 Å². The molecule has 0 aliphatic heterocycles. The number of unbranched alkanes of at least 4 members (excludes halogenated alkanes) is 3. The van der Waals surface area contributed by atoms with Crippen LogP contribution in [0, 0.1) is 0 Å². The molecule has 0 radical (unpaired) electrons. The summed E-state index contributed by atoms with van der Waals surface area (Å²) in [5.41, 5.74) is 1.29. The molecule has 2 amide bonds. The molecule has 0 unspecified atom stereocenters. The summed E-state index contributed by atoms with van der Waals surface area (Å²) in [5, 5.41) is 8.72. The predicted molar refractivity (Wildman–Crippen MR) is 108 cm³/mol. The summed E-state index contributed by atoms with van der Waals surface area (Å²) in [4.78, 5) is 23.8. The summed E-state index contributed by atoms with van der Waals surface area (Å²) in [6.45, 7) is 3.32. The van der Waals surface area contributed by atoms with E-state index in [4.69, 9.17) is 17.0 Å². The average molecular weight is 380 g/mol. The second-order valence-corrected chi connectivity index (χ2v) is 6.40. The van der Waals surface area contributed by atoms with E-state index in [1.54, 1.807) is 31.4 Å². The monoisotopic (exact) mass is 379 g/mol. The summed E-state index contributed by atoms with van der Waals surface area (Å²) in [5.74, 6) is -0.207. The molecule has 144 valence electrons. The largest absolute Gasteiger partial charge is 0.385 e. The molecule has 0 aliphatic rings. The zero-order valence-corrected chi connectivity index (χ0v) is 16.4. The van der Waals surface area contributed by atoms with Crippen molar-refractivity contribution in [1.29, 1.82) is 0 Å². The lowest BCUT2D eigenvalue weighted by Gasteiger charge is -2.10. The second kappa shape index (κ2) is 13.2. The molecule has 0 heterocycles. The number of anilines is 1. The molecule has 7 heteroatoms. The lowest BCUT2D eigenvalue weighted by atomic mass is 10.1. The van der Waals surface area contributed by atoms with E-state index in [0.29, 0.717) is 25.1 Å². The quantitative estimate of drug-likeness (QED) is 0.406. The van der Waals surface area contributed by atoms with Crippen LogP contribution in [0.2, 0.25) is 0 Å². The van der Waals surface area contributed by atoms with E-state index < -0.39 is 0 Å². The van der Waals surface area contributed by atoms with Crippen LogP contribution in [0.15, 0.2) is 24.3 Å². The van der Waals surface area contributed by atoms with Crippen LogP contribution in [0.25, 0.3) is 0 Å². The van der Waals surface area contributed by atoms with Crippen molar-refractivity contribution in [2.45, 2.75) is 45.4 Å². The average Bonchev–Trinajstić information content (AvgIpc) is 2.62. The number of nitrogens with one attached hydrogen (secondary N) is 3. The number of amides is 2. The van der Waals surface area contributed by atoms with Crippen molar-refractivity contribution < 1.29 is 14.3 Å². The summed E-state index contributed by atoms with van der Waals surface area (Å²) in [7, 11) is 1.63. The van der Waals surface area contributed by atoms with E-state index in [-0.39, 0.29) is 16.9 Å². The van der Waals surface area contributed by atoms with Crippen LogP contribution in [-0.4, -0.2) is 37.2 Å². The van der Waals surface area contributed by atoms with Crippen LogP contribution in [0.4, 0.5) is 5.69 Å². The van der Waals surface area contributed by atoms with E-state index in [1.807, 2.05) is 0 Å². The van der Waals surface area contributed by atoms with Crippen LogP contribution in [-0.2, 0) is 9.53 Å². The van der Waals surface area contributed by atoms with E-state index in [0.717, 1.165) is 37.8 Å². The highest BCUT2D eigenvalue weighted by Gasteiger charge is 2.07. The van der Waals surface area contributed by atoms with Gasteiger partial charge in [-0.25, -0.2) is 0 Å². The van der Waals surface area contributed by atoms with Gasteiger partial charge in [0.15, 0.2) is 5.11 Å². The van der Waals surface area contributed by atoms with Gasteiger partial charge in [-0.3, -0.25) is 9.59 Å². The number of ether oxygens (including phenoxy) is 1. The van der Waals surface area contributed by atoms with Gasteiger partial charge in [-0.2, -0.15) is 0 Å². The maximum absolute atomic E-state index is 12.0. The zero-order chi connectivity index (χ0) is 19.2. The maximum Gasteiger partial charge on any atom is 0.251 e. The fourth-order valence-corrected chi connectivity index (χ4v) is 2.52. The van der Waals surface area contributed by atoms with Crippen LogP contribution in [0.1, 0.15) is 55.8 Å². The molecule has 0 aliphatic carbocycles. The molecule has 0 fully saturated rings. The molecule has 0 spiro atoms. The molecule has 3 N–H and O–H groups in total. The molecule has 1 rings (SSSR count). The van der Waals surface area contributed by atoms with Crippen molar-refractivity contribution in [2.75, 3.05) is 25.6 Å². The number of hydrogen-bond acceptors (Lipinski definition) is 4. The number of benzene rings is 1. The summed E-state index contributed by atoms with van der Waals surface area (Å²) in [6, 6.07) is 6.93. The van der Waals surface area contributed by atoms with Gasteiger partial charge in [-0.1, -0.05) is 26.2 Å². The first-order valence-corrected chi connectivity index (χ1v) is 9.45. The molecule has 1 aromatic rings. The van der Waals surface area contributed by atoms with Gasteiger partial charge in [0.25, 0.3) is 5.91 Å². The second-order valence-electron chi connectivity index (χ2n) is 5.99. The van der Waals surface area contributed by atoms with Gasteiger partial charge >= 0.3 is 0 Å². The minimum atomic E-state index is -0.129. The van der Waals surface area contributed by atoms with Crippen molar-refractivity contribution in [3.05, 3.63) is 29.8 Å². The van der Waals surface area contributed by atoms with Crippen molar-refractivity contribution in [3.63, 3.8) is 0 Å². The number of carbonyl (C=O) groups is 2. The Balaban J connectivity index is 2.35. The van der Waals surface area contributed by atoms with Gasteiger partial charge in [-0.05, 0) is 49.3 Å². The lowest BCUT2D eigenvalue weighted by molar-refractivity contribution is -0.119. The molecule has 1 aromatic carbocycles. The molecule has 0 saturated heterocycles. The van der Waals surface area contributed by atoms with Crippen molar-refractivity contribution >= 4 is 34.8 Å². The van der Waals surface area contributed by atoms with Crippen molar-refractivity contribution in [3.8, 4) is 0 Å². The Hall–Kier alpha value is -1.99. The first kappa shape index (κ1) is 22.1. The van der Waals surface area contributed by atoms with Gasteiger partial charge in [0.1, 0.15) is 0 Å². The van der Waals surface area contributed by atoms with Crippen molar-refractivity contribution in [2.24, 2.45) is 0 Å². The van der Waals surface area contributed by atoms with Crippen LogP contribution >= 0.6 is 12.2 Å². The Labute approximate surface area is 161 Å². The summed E-state index contributed by atoms with van der Waals surface area (Å²) in [6.07, 6.45) is 5.46. The Bertz CT molecular complexity index is 576. The van der Waals surface area contributed by atoms with Crippen LogP contribution in [0.5, 0.6) is 0 Å². The number of thiocarbonyl (C=S) groups is 1. The molecule has 0 aromatic heterocycles. The number of rotatable bonds is 11.